The first kappa shape index (κ1) is 9.09. The molecule has 0 bridgehead atoms. The molecule has 0 spiro atoms. The fourth-order valence-electron chi connectivity index (χ4n) is 1.74. The zero-order valence-electron chi connectivity index (χ0n) is 7.65. The van der Waals surface area contributed by atoms with Gasteiger partial charge in [-0.25, -0.2) is 4.98 Å². The van der Waals surface area contributed by atoms with Crippen molar-refractivity contribution in [2.45, 2.75) is 18.9 Å². The Bertz CT molecular complexity index is 266. The Balaban J connectivity index is 2.13. The molecule has 4 heteroatoms. The van der Waals surface area contributed by atoms with E-state index >= 15 is 0 Å². The van der Waals surface area contributed by atoms with Gasteiger partial charge in [-0.2, -0.15) is 11.8 Å². The summed E-state index contributed by atoms with van der Waals surface area (Å²) in [6.45, 7) is 0.691. The van der Waals surface area contributed by atoms with Crippen LogP contribution in [-0.2, 0) is 6.42 Å². The van der Waals surface area contributed by atoms with Crippen molar-refractivity contribution in [2.24, 2.45) is 5.73 Å². The fraction of sp³-hybridized carbons (Fsp3) is 0.667. The Morgan fingerprint density at radius 3 is 3.31 bits per heavy atom. The smallest absolute Gasteiger partial charge is 0.110 e. The molecule has 0 amide bonds. The van der Waals surface area contributed by atoms with Crippen LogP contribution in [0, 0.1) is 0 Å². The number of imidazole rings is 1. The number of nitrogens with zero attached hydrogens (tertiary/aromatic N) is 2. The van der Waals surface area contributed by atoms with Crippen molar-refractivity contribution in [1.29, 1.82) is 0 Å². The highest BCUT2D eigenvalue weighted by Gasteiger charge is 2.18. The molecule has 2 N–H and O–H groups in total. The van der Waals surface area contributed by atoms with E-state index in [2.05, 4.69) is 15.7 Å². The summed E-state index contributed by atoms with van der Waals surface area (Å²) in [4.78, 5) is 4.32. The number of thioether (sulfide) groups is 1. The summed E-state index contributed by atoms with van der Waals surface area (Å²) < 4.78 is 2.30. The lowest BCUT2D eigenvalue weighted by Gasteiger charge is -2.13. The minimum Gasteiger partial charge on any atom is -0.331 e. The summed E-state index contributed by atoms with van der Waals surface area (Å²) in [5, 5.41) is 0. The molecule has 2 heterocycles. The topological polar surface area (TPSA) is 43.8 Å². The molecule has 72 valence electrons. The lowest BCUT2D eigenvalue weighted by Crippen LogP contribution is -2.14. The first-order valence-corrected chi connectivity index (χ1v) is 5.87. The van der Waals surface area contributed by atoms with Gasteiger partial charge in [0.1, 0.15) is 5.82 Å². The zero-order valence-corrected chi connectivity index (χ0v) is 8.46. The maximum atomic E-state index is 5.53. The van der Waals surface area contributed by atoms with E-state index in [1.807, 2.05) is 18.0 Å². The van der Waals surface area contributed by atoms with E-state index in [-0.39, 0.29) is 0 Å². The third kappa shape index (κ3) is 1.89. The van der Waals surface area contributed by atoms with Crippen molar-refractivity contribution < 1.29 is 0 Å². The van der Waals surface area contributed by atoms with Crippen LogP contribution in [0.4, 0.5) is 0 Å². The van der Waals surface area contributed by atoms with E-state index < -0.39 is 0 Å². The minimum absolute atomic E-state index is 0.661. The van der Waals surface area contributed by atoms with Crippen LogP contribution in [-0.4, -0.2) is 27.6 Å². The van der Waals surface area contributed by atoms with Gasteiger partial charge in [-0.05, 0) is 18.7 Å². The maximum absolute atomic E-state index is 5.53. The van der Waals surface area contributed by atoms with Crippen LogP contribution in [0.1, 0.15) is 18.3 Å². The standard InChI is InChI=1S/C9H15N3S/c10-3-1-9-11-4-5-12(9)8-2-6-13-7-8/h4-5,8H,1-3,6-7,10H2. The van der Waals surface area contributed by atoms with E-state index in [1.165, 1.54) is 17.9 Å². The SMILES string of the molecule is NCCc1nccn1C1CCSC1. The van der Waals surface area contributed by atoms with Crippen molar-refractivity contribution in [3.63, 3.8) is 0 Å². The second kappa shape index (κ2) is 4.15. The molecular formula is C9H15N3S. The van der Waals surface area contributed by atoms with Crippen LogP contribution < -0.4 is 5.73 Å². The number of hydrogen-bond acceptors (Lipinski definition) is 3. The molecule has 1 fully saturated rings. The number of rotatable bonds is 3. The predicted octanol–water partition coefficient (Wildman–Crippen LogP) is 1.06. The van der Waals surface area contributed by atoms with Gasteiger partial charge in [0.25, 0.3) is 0 Å². The highest BCUT2D eigenvalue weighted by molar-refractivity contribution is 7.99. The Morgan fingerprint density at radius 2 is 2.62 bits per heavy atom. The Labute approximate surface area is 82.7 Å². The van der Waals surface area contributed by atoms with Crippen molar-refractivity contribution in [3.05, 3.63) is 18.2 Å². The van der Waals surface area contributed by atoms with Gasteiger partial charge in [0.2, 0.25) is 0 Å². The highest BCUT2D eigenvalue weighted by atomic mass is 32.2. The molecule has 1 aliphatic heterocycles. The number of hydrogen-bond donors (Lipinski definition) is 1. The van der Waals surface area contributed by atoms with Crippen LogP contribution >= 0.6 is 11.8 Å². The molecule has 0 aliphatic carbocycles. The summed E-state index contributed by atoms with van der Waals surface area (Å²) in [5.41, 5.74) is 5.53. The van der Waals surface area contributed by atoms with Gasteiger partial charge in [0.05, 0.1) is 0 Å². The van der Waals surface area contributed by atoms with Gasteiger partial charge in [-0.1, -0.05) is 0 Å². The lowest BCUT2D eigenvalue weighted by atomic mass is 10.2. The largest absolute Gasteiger partial charge is 0.331 e. The maximum Gasteiger partial charge on any atom is 0.110 e. The van der Waals surface area contributed by atoms with E-state index in [1.54, 1.807) is 0 Å². The summed E-state index contributed by atoms with van der Waals surface area (Å²) in [6, 6.07) is 0.661. The fourth-order valence-corrected chi connectivity index (χ4v) is 2.95. The van der Waals surface area contributed by atoms with Crippen molar-refractivity contribution in [1.82, 2.24) is 9.55 Å². The second-order valence-corrected chi connectivity index (χ2v) is 4.46. The van der Waals surface area contributed by atoms with Crippen LogP contribution in [0.3, 0.4) is 0 Å². The molecule has 0 radical (unpaired) electrons. The van der Waals surface area contributed by atoms with Gasteiger partial charge in [0.15, 0.2) is 0 Å². The summed E-state index contributed by atoms with van der Waals surface area (Å²) in [6.07, 6.45) is 6.14. The Morgan fingerprint density at radius 1 is 1.69 bits per heavy atom. The molecule has 1 saturated heterocycles. The van der Waals surface area contributed by atoms with Crippen molar-refractivity contribution in [2.75, 3.05) is 18.1 Å². The monoisotopic (exact) mass is 197 g/mol. The van der Waals surface area contributed by atoms with Gasteiger partial charge in [-0.3, -0.25) is 0 Å². The molecule has 3 nitrogen and oxygen atoms in total. The molecule has 1 aromatic heterocycles. The normalized spacial score (nSPS) is 22.4. The van der Waals surface area contributed by atoms with Gasteiger partial charge in [-0.15, -0.1) is 0 Å². The first-order valence-electron chi connectivity index (χ1n) is 4.71. The summed E-state index contributed by atoms with van der Waals surface area (Å²) >= 11 is 2.03. The molecule has 1 aliphatic rings. The van der Waals surface area contributed by atoms with Crippen molar-refractivity contribution >= 4 is 11.8 Å². The number of nitrogens with two attached hydrogens (primary N) is 1. The average Bonchev–Trinajstić information content (AvgIpc) is 2.71. The number of aromatic nitrogens is 2. The van der Waals surface area contributed by atoms with Crippen LogP contribution in [0.5, 0.6) is 0 Å². The summed E-state index contributed by atoms with van der Waals surface area (Å²) in [7, 11) is 0. The zero-order chi connectivity index (χ0) is 9.10. The van der Waals surface area contributed by atoms with Crippen LogP contribution in [0.2, 0.25) is 0 Å². The Hall–Kier alpha value is -0.480. The molecule has 13 heavy (non-hydrogen) atoms. The van der Waals surface area contributed by atoms with Gasteiger partial charge < -0.3 is 10.3 Å². The predicted molar refractivity (Wildman–Crippen MR) is 56.0 cm³/mol. The van der Waals surface area contributed by atoms with E-state index in [4.69, 9.17) is 5.73 Å². The van der Waals surface area contributed by atoms with Gasteiger partial charge in [0, 0.05) is 30.6 Å². The van der Waals surface area contributed by atoms with Crippen LogP contribution in [0.25, 0.3) is 0 Å². The quantitative estimate of drug-likeness (QED) is 0.788. The van der Waals surface area contributed by atoms with Crippen LogP contribution in [0.15, 0.2) is 12.4 Å². The first-order chi connectivity index (χ1) is 6.42. The van der Waals surface area contributed by atoms with Gasteiger partial charge >= 0.3 is 0 Å². The average molecular weight is 197 g/mol. The molecule has 1 aromatic rings. The van der Waals surface area contributed by atoms with Crippen molar-refractivity contribution in [3.8, 4) is 0 Å². The third-order valence-electron chi connectivity index (χ3n) is 2.42. The van der Waals surface area contributed by atoms with E-state index in [9.17, 15) is 0 Å². The molecule has 1 unspecified atom stereocenters. The lowest BCUT2D eigenvalue weighted by molar-refractivity contribution is 0.534. The van der Waals surface area contributed by atoms with E-state index in [0.29, 0.717) is 12.6 Å². The molecule has 1 atom stereocenters. The Kier molecular flexibility index (Phi) is 2.90. The highest BCUT2D eigenvalue weighted by Crippen LogP contribution is 2.28. The van der Waals surface area contributed by atoms with E-state index in [0.717, 1.165) is 12.2 Å². The molecule has 0 saturated carbocycles. The molecule has 2 rings (SSSR count). The summed E-state index contributed by atoms with van der Waals surface area (Å²) in [5.74, 6) is 3.66. The third-order valence-corrected chi connectivity index (χ3v) is 3.56. The minimum atomic E-state index is 0.661. The molecular weight excluding hydrogens is 182 g/mol. The molecule has 0 aromatic carbocycles. The second-order valence-electron chi connectivity index (χ2n) is 3.31.